The predicted molar refractivity (Wildman–Crippen MR) is 106 cm³/mol. The Labute approximate surface area is 163 Å². The molecule has 1 aromatic heterocycles. The van der Waals surface area contributed by atoms with Crippen molar-refractivity contribution in [1.29, 1.82) is 5.26 Å². The molecule has 2 unspecified atom stereocenters. The van der Waals surface area contributed by atoms with Gasteiger partial charge in [-0.15, -0.1) is 0 Å². The van der Waals surface area contributed by atoms with Crippen molar-refractivity contribution >= 4 is 22.8 Å². The molecule has 2 aliphatic rings. The van der Waals surface area contributed by atoms with E-state index in [1.807, 2.05) is 41.4 Å². The summed E-state index contributed by atoms with van der Waals surface area (Å²) in [6, 6.07) is 17.1. The summed E-state index contributed by atoms with van der Waals surface area (Å²) in [6.45, 7) is 3.14. The van der Waals surface area contributed by atoms with Crippen molar-refractivity contribution in [2.75, 3.05) is 31.1 Å². The summed E-state index contributed by atoms with van der Waals surface area (Å²) in [6.07, 6.45) is 1.88. The van der Waals surface area contributed by atoms with Crippen LogP contribution in [0.25, 0.3) is 10.9 Å². The molecule has 2 atom stereocenters. The zero-order valence-electron chi connectivity index (χ0n) is 15.3. The average molecular weight is 369 g/mol. The number of anilines is 1. The van der Waals surface area contributed by atoms with Gasteiger partial charge in [0.1, 0.15) is 0 Å². The van der Waals surface area contributed by atoms with Gasteiger partial charge in [0.15, 0.2) is 0 Å². The average Bonchev–Trinajstić information content (AvgIpc) is 3.32. The molecule has 1 amide bonds. The van der Waals surface area contributed by atoms with E-state index in [0.717, 1.165) is 29.9 Å². The van der Waals surface area contributed by atoms with Crippen LogP contribution < -0.4 is 4.90 Å². The van der Waals surface area contributed by atoms with E-state index in [-0.39, 0.29) is 5.91 Å². The Kier molecular flexibility index (Phi) is 3.94. The number of carbonyl (C=O) groups excluding carboxylic acids is 1. The highest BCUT2D eigenvalue weighted by Gasteiger charge is 2.42. The molecule has 2 aromatic carbocycles. The molecule has 138 valence electrons. The smallest absolute Gasteiger partial charge is 0.255 e. The predicted octanol–water partition coefficient (Wildman–Crippen LogP) is 2.71. The lowest BCUT2D eigenvalue weighted by Crippen LogP contribution is -2.34. The number of fused-ring (bicyclic) bond motifs is 2. The number of hydrogen-bond donors (Lipinski definition) is 0. The fourth-order valence-corrected chi connectivity index (χ4v) is 4.37. The molecular weight excluding hydrogens is 350 g/mol. The van der Waals surface area contributed by atoms with Gasteiger partial charge in [-0.05, 0) is 18.2 Å². The Hall–Kier alpha value is -3.46. The Morgan fingerprint density at radius 2 is 1.71 bits per heavy atom. The minimum absolute atomic E-state index is 0.0416. The SMILES string of the molecule is N#Cc1ccccc1C(=O)N1CC2CN(c3ncc4ccccc4n3)CC2C1. The van der Waals surface area contributed by atoms with Crippen molar-refractivity contribution in [3.05, 3.63) is 65.9 Å². The van der Waals surface area contributed by atoms with Crippen LogP contribution in [0.1, 0.15) is 15.9 Å². The third-order valence-corrected chi connectivity index (χ3v) is 5.81. The molecule has 0 spiro atoms. The quantitative estimate of drug-likeness (QED) is 0.694. The number of carbonyl (C=O) groups is 1. The molecule has 2 fully saturated rings. The van der Waals surface area contributed by atoms with Crippen molar-refractivity contribution in [3.8, 4) is 6.07 Å². The summed E-state index contributed by atoms with van der Waals surface area (Å²) in [7, 11) is 0. The lowest BCUT2D eigenvalue weighted by atomic mass is 10.0. The van der Waals surface area contributed by atoms with Crippen LogP contribution >= 0.6 is 0 Å². The van der Waals surface area contributed by atoms with Gasteiger partial charge in [0, 0.05) is 49.6 Å². The van der Waals surface area contributed by atoms with Gasteiger partial charge in [0.05, 0.1) is 22.7 Å². The zero-order valence-corrected chi connectivity index (χ0v) is 15.3. The van der Waals surface area contributed by atoms with E-state index >= 15 is 0 Å². The van der Waals surface area contributed by atoms with Crippen LogP contribution in [0.2, 0.25) is 0 Å². The monoisotopic (exact) mass is 369 g/mol. The number of hydrogen-bond acceptors (Lipinski definition) is 5. The van der Waals surface area contributed by atoms with E-state index in [0.29, 0.717) is 36.1 Å². The molecule has 3 aromatic rings. The molecule has 3 heterocycles. The Balaban J connectivity index is 1.31. The number of aromatic nitrogens is 2. The Bertz CT molecular complexity index is 1090. The fourth-order valence-electron chi connectivity index (χ4n) is 4.37. The summed E-state index contributed by atoms with van der Waals surface area (Å²) >= 11 is 0. The van der Waals surface area contributed by atoms with Gasteiger partial charge < -0.3 is 9.80 Å². The summed E-state index contributed by atoms with van der Waals surface area (Å²) in [5, 5.41) is 10.3. The molecule has 2 aliphatic heterocycles. The molecule has 28 heavy (non-hydrogen) atoms. The van der Waals surface area contributed by atoms with Gasteiger partial charge >= 0.3 is 0 Å². The van der Waals surface area contributed by atoms with Crippen LogP contribution in [-0.2, 0) is 0 Å². The lowest BCUT2D eigenvalue weighted by molar-refractivity contribution is 0.0782. The number of para-hydroxylation sites is 1. The van der Waals surface area contributed by atoms with Gasteiger partial charge in [-0.1, -0.05) is 30.3 Å². The second-order valence-electron chi connectivity index (χ2n) is 7.52. The number of benzene rings is 2. The number of nitriles is 1. The Morgan fingerprint density at radius 3 is 2.50 bits per heavy atom. The first-order chi connectivity index (χ1) is 13.7. The molecule has 6 heteroatoms. The van der Waals surface area contributed by atoms with Gasteiger partial charge in [0.2, 0.25) is 5.95 Å². The summed E-state index contributed by atoms with van der Waals surface area (Å²) in [5.41, 5.74) is 1.89. The molecule has 0 bridgehead atoms. The first kappa shape index (κ1) is 16.7. The van der Waals surface area contributed by atoms with Crippen molar-refractivity contribution in [2.24, 2.45) is 11.8 Å². The van der Waals surface area contributed by atoms with Crippen molar-refractivity contribution in [2.45, 2.75) is 0 Å². The molecule has 0 N–H and O–H groups in total. The van der Waals surface area contributed by atoms with Crippen LogP contribution in [0.5, 0.6) is 0 Å². The second kappa shape index (κ2) is 6.61. The van der Waals surface area contributed by atoms with Gasteiger partial charge in [-0.3, -0.25) is 4.79 Å². The van der Waals surface area contributed by atoms with Crippen molar-refractivity contribution in [3.63, 3.8) is 0 Å². The molecule has 6 nitrogen and oxygen atoms in total. The second-order valence-corrected chi connectivity index (χ2v) is 7.52. The standard InChI is InChI=1S/C22H19N5O/c23-9-15-5-1-3-7-19(15)21(28)26-11-17-13-27(14-18(17)12-26)22-24-10-16-6-2-4-8-20(16)25-22/h1-8,10,17-18H,11-14H2. The molecule has 0 aliphatic carbocycles. The van der Waals surface area contributed by atoms with Crippen LogP contribution in [0.15, 0.2) is 54.7 Å². The minimum atomic E-state index is -0.0416. The van der Waals surface area contributed by atoms with E-state index < -0.39 is 0 Å². The summed E-state index contributed by atoms with van der Waals surface area (Å²) in [4.78, 5) is 26.3. The van der Waals surface area contributed by atoms with Crippen LogP contribution in [-0.4, -0.2) is 47.0 Å². The van der Waals surface area contributed by atoms with Crippen LogP contribution in [0, 0.1) is 23.2 Å². The van der Waals surface area contributed by atoms with E-state index in [1.54, 1.807) is 18.2 Å². The maximum atomic E-state index is 12.9. The van der Waals surface area contributed by atoms with Crippen LogP contribution in [0.3, 0.4) is 0 Å². The highest BCUT2D eigenvalue weighted by Crippen LogP contribution is 2.34. The highest BCUT2D eigenvalue weighted by molar-refractivity contribution is 5.96. The first-order valence-corrected chi connectivity index (χ1v) is 9.48. The van der Waals surface area contributed by atoms with E-state index in [1.165, 1.54) is 0 Å². The molecule has 0 saturated carbocycles. The fraction of sp³-hybridized carbons (Fsp3) is 0.273. The largest absolute Gasteiger partial charge is 0.340 e. The van der Waals surface area contributed by atoms with Crippen molar-refractivity contribution < 1.29 is 4.79 Å². The van der Waals surface area contributed by atoms with E-state index in [9.17, 15) is 10.1 Å². The van der Waals surface area contributed by atoms with Gasteiger partial charge in [0.25, 0.3) is 5.91 Å². The lowest BCUT2D eigenvalue weighted by Gasteiger charge is -2.22. The first-order valence-electron chi connectivity index (χ1n) is 9.48. The van der Waals surface area contributed by atoms with E-state index in [4.69, 9.17) is 4.98 Å². The molecule has 0 radical (unpaired) electrons. The number of amides is 1. The summed E-state index contributed by atoms with van der Waals surface area (Å²) in [5.74, 6) is 1.54. The van der Waals surface area contributed by atoms with E-state index in [2.05, 4.69) is 16.0 Å². The number of nitrogens with zero attached hydrogens (tertiary/aromatic N) is 5. The maximum absolute atomic E-state index is 12.9. The van der Waals surface area contributed by atoms with Crippen molar-refractivity contribution in [1.82, 2.24) is 14.9 Å². The normalized spacial score (nSPS) is 21.0. The minimum Gasteiger partial charge on any atom is -0.340 e. The topological polar surface area (TPSA) is 73.1 Å². The highest BCUT2D eigenvalue weighted by atomic mass is 16.2. The molecule has 2 saturated heterocycles. The third-order valence-electron chi connectivity index (χ3n) is 5.81. The van der Waals surface area contributed by atoms with Gasteiger partial charge in [-0.2, -0.15) is 5.26 Å². The van der Waals surface area contributed by atoms with Gasteiger partial charge in [-0.25, -0.2) is 9.97 Å². The number of rotatable bonds is 2. The van der Waals surface area contributed by atoms with Crippen LogP contribution in [0.4, 0.5) is 5.95 Å². The maximum Gasteiger partial charge on any atom is 0.255 e. The molecular formula is C22H19N5O. The third kappa shape index (κ3) is 2.76. The Morgan fingerprint density at radius 1 is 1.00 bits per heavy atom. The summed E-state index contributed by atoms with van der Waals surface area (Å²) < 4.78 is 0. The molecule has 5 rings (SSSR count). The number of likely N-dealkylation sites (tertiary alicyclic amines) is 1. The zero-order chi connectivity index (χ0) is 19.1.